The van der Waals surface area contributed by atoms with Gasteiger partial charge in [-0.25, -0.2) is 0 Å². The molecule has 4 aliphatic carbocycles. The van der Waals surface area contributed by atoms with Gasteiger partial charge in [-0.3, -0.25) is 0 Å². The van der Waals surface area contributed by atoms with E-state index in [0.717, 1.165) is 40.8 Å². The summed E-state index contributed by atoms with van der Waals surface area (Å²) in [5.41, 5.74) is 2.94. The van der Waals surface area contributed by atoms with E-state index >= 15 is 0 Å². The van der Waals surface area contributed by atoms with Crippen molar-refractivity contribution in [2.75, 3.05) is 0 Å². The van der Waals surface area contributed by atoms with Crippen LogP contribution in [0.25, 0.3) is 0 Å². The Morgan fingerprint density at radius 2 is 1.71 bits per heavy atom. The molecule has 3 saturated carbocycles. The van der Waals surface area contributed by atoms with E-state index in [-0.39, 0.29) is 0 Å². The van der Waals surface area contributed by atoms with Crippen LogP contribution in [0.1, 0.15) is 105 Å². The molecule has 34 heavy (non-hydrogen) atoms. The Morgan fingerprint density at radius 1 is 0.912 bits per heavy atom. The predicted molar refractivity (Wildman–Crippen MR) is 149 cm³/mol. The van der Waals surface area contributed by atoms with Gasteiger partial charge in [0.05, 0.1) is 0 Å². The minimum Gasteiger partial charge on any atom is -0.122 e. The largest absolute Gasteiger partial charge is 0.122 e. The van der Waals surface area contributed by atoms with Gasteiger partial charge in [0.15, 0.2) is 0 Å². The van der Waals surface area contributed by atoms with Crippen molar-refractivity contribution in [3.8, 4) is 0 Å². The summed E-state index contributed by atoms with van der Waals surface area (Å²) in [6, 6.07) is 11.1. The summed E-state index contributed by atoms with van der Waals surface area (Å²) in [6.45, 7) is 12.8. The third kappa shape index (κ3) is 4.57. The quantitative estimate of drug-likeness (QED) is 0.351. The Kier molecular flexibility index (Phi) is 7.34. The van der Waals surface area contributed by atoms with Crippen molar-refractivity contribution in [2.45, 2.75) is 115 Å². The standard InChI is InChI=1S/C33H50S/c1-23(2)10-9-11-24(3)29-16-17-30-28-15-14-25-22-27(34-26-12-7-6-8-13-26)18-20-32(25,4)31(28)19-21-33(29,30)5/h6-8,12-14,23-24,27-31H,9-11,15-22H2,1-5H3/t24-,27+,28?,29?,30?,31?,32+,33-/m1/s1. The van der Waals surface area contributed by atoms with Crippen molar-refractivity contribution >= 4 is 11.8 Å². The second-order valence-corrected chi connectivity index (χ2v) is 15.0. The highest BCUT2D eigenvalue weighted by molar-refractivity contribution is 8.00. The van der Waals surface area contributed by atoms with Crippen molar-refractivity contribution in [3.05, 3.63) is 42.0 Å². The first kappa shape index (κ1) is 25.0. The minimum absolute atomic E-state index is 0.485. The van der Waals surface area contributed by atoms with Crippen molar-refractivity contribution in [1.82, 2.24) is 0 Å². The lowest BCUT2D eigenvalue weighted by Gasteiger charge is -2.58. The van der Waals surface area contributed by atoms with Gasteiger partial charge in [0.2, 0.25) is 0 Å². The highest BCUT2D eigenvalue weighted by atomic mass is 32.2. The first-order valence-corrected chi connectivity index (χ1v) is 15.6. The Hall–Kier alpha value is -0.690. The van der Waals surface area contributed by atoms with Crippen LogP contribution in [-0.2, 0) is 0 Å². The van der Waals surface area contributed by atoms with Gasteiger partial charge in [-0.15, -0.1) is 11.8 Å². The van der Waals surface area contributed by atoms with E-state index in [1.807, 2.05) is 5.57 Å². The minimum atomic E-state index is 0.485. The summed E-state index contributed by atoms with van der Waals surface area (Å²) in [4.78, 5) is 1.46. The molecule has 0 spiro atoms. The maximum atomic E-state index is 2.77. The van der Waals surface area contributed by atoms with Crippen LogP contribution in [0.5, 0.6) is 0 Å². The summed E-state index contributed by atoms with van der Waals surface area (Å²) in [5, 5.41) is 0.773. The van der Waals surface area contributed by atoms with Gasteiger partial charge >= 0.3 is 0 Å². The van der Waals surface area contributed by atoms with Crippen molar-refractivity contribution in [2.24, 2.45) is 46.3 Å². The van der Waals surface area contributed by atoms with Crippen LogP contribution in [0.2, 0.25) is 0 Å². The fourth-order valence-electron chi connectivity index (χ4n) is 9.44. The third-order valence-corrected chi connectivity index (χ3v) is 12.6. The molecule has 0 heterocycles. The molecule has 0 aromatic heterocycles. The average Bonchev–Trinajstić information content (AvgIpc) is 3.17. The van der Waals surface area contributed by atoms with E-state index in [4.69, 9.17) is 0 Å². The Labute approximate surface area is 215 Å². The van der Waals surface area contributed by atoms with Crippen LogP contribution in [0.3, 0.4) is 0 Å². The molecule has 0 aliphatic heterocycles. The van der Waals surface area contributed by atoms with Gasteiger partial charge in [0.1, 0.15) is 0 Å². The Balaban J connectivity index is 1.27. The first-order valence-electron chi connectivity index (χ1n) is 14.7. The molecular formula is C33H50S. The van der Waals surface area contributed by atoms with Crippen LogP contribution < -0.4 is 0 Å². The lowest BCUT2D eigenvalue weighted by atomic mass is 9.47. The molecular weight excluding hydrogens is 428 g/mol. The molecule has 4 aliphatic rings. The molecule has 0 amide bonds. The lowest BCUT2D eigenvalue weighted by molar-refractivity contribution is -0.0497. The second kappa shape index (κ2) is 9.99. The summed E-state index contributed by atoms with van der Waals surface area (Å²) in [5.74, 6) is 5.64. The first-order chi connectivity index (χ1) is 16.3. The van der Waals surface area contributed by atoms with Gasteiger partial charge in [-0.05, 0) is 110 Å². The molecule has 0 bridgehead atoms. The topological polar surface area (TPSA) is 0 Å². The smallest absolute Gasteiger partial charge is 0.0132 e. The maximum absolute atomic E-state index is 2.77. The summed E-state index contributed by atoms with van der Waals surface area (Å²) < 4.78 is 0. The Bertz CT molecular complexity index is 855. The van der Waals surface area contributed by atoms with E-state index < -0.39 is 0 Å². The molecule has 1 aromatic carbocycles. The number of fused-ring (bicyclic) bond motifs is 5. The third-order valence-electron chi connectivity index (χ3n) is 11.3. The Morgan fingerprint density at radius 3 is 2.47 bits per heavy atom. The van der Waals surface area contributed by atoms with Crippen molar-refractivity contribution in [1.29, 1.82) is 0 Å². The van der Waals surface area contributed by atoms with Crippen LogP contribution in [0.15, 0.2) is 46.9 Å². The van der Waals surface area contributed by atoms with Gasteiger partial charge in [0.25, 0.3) is 0 Å². The van der Waals surface area contributed by atoms with Crippen LogP contribution in [-0.4, -0.2) is 5.25 Å². The maximum Gasteiger partial charge on any atom is 0.0132 e. The molecule has 3 fully saturated rings. The lowest BCUT2D eigenvalue weighted by Crippen LogP contribution is -2.50. The van der Waals surface area contributed by atoms with Gasteiger partial charge < -0.3 is 0 Å². The zero-order valence-electron chi connectivity index (χ0n) is 22.7. The molecule has 0 radical (unpaired) electrons. The number of allylic oxidation sites excluding steroid dienone is 2. The van der Waals surface area contributed by atoms with Gasteiger partial charge in [-0.2, -0.15) is 0 Å². The molecule has 4 unspecified atom stereocenters. The number of benzene rings is 1. The van der Waals surface area contributed by atoms with E-state index in [1.54, 1.807) is 0 Å². The monoisotopic (exact) mass is 478 g/mol. The second-order valence-electron chi connectivity index (χ2n) is 13.6. The number of thioether (sulfide) groups is 1. The SMILES string of the molecule is CC(C)CCC[C@@H](C)C1CCC2C3CC=C4C[C@@H](Sc5ccccc5)CC[C@]4(C)C3CC[C@@]21C. The fourth-order valence-corrected chi connectivity index (χ4v) is 10.6. The van der Waals surface area contributed by atoms with Gasteiger partial charge in [-0.1, -0.05) is 83.7 Å². The molecule has 0 nitrogen and oxygen atoms in total. The van der Waals surface area contributed by atoms with E-state index in [1.165, 1.54) is 75.5 Å². The highest BCUT2D eigenvalue weighted by Gasteiger charge is 2.59. The number of hydrogen-bond donors (Lipinski definition) is 0. The summed E-state index contributed by atoms with van der Waals surface area (Å²) >= 11 is 2.13. The van der Waals surface area contributed by atoms with Crippen LogP contribution in [0.4, 0.5) is 0 Å². The van der Waals surface area contributed by atoms with E-state index in [0.29, 0.717) is 10.8 Å². The fraction of sp³-hybridized carbons (Fsp3) is 0.758. The molecule has 8 atom stereocenters. The van der Waals surface area contributed by atoms with Crippen LogP contribution in [0, 0.1) is 46.3 Å². The highest BCUT2D eigenvalue weighted by Crippen LogP contribution is 2.67. The van der Waals surface area contributed by atoms with E-state index in [9.17, 15) is 0 Å². The molecule has 1 heteroatoms. The average molecular weight is 479 g/mol. The molecule has 5 rings (SSSR count). The normalized spacial score (nSPS) is 40.3. The molecule has 188 valence electrons. The molecule has 0 N–H and O–H groups in total. The van der Waals surface area contributed by atoms with Crippen molar-refractivity contribution in [3.63, 3.8) is 0 Å². The van der Waals surface area contributed by atoms with Crippen LogP contribution >= 0.6 is 11.8 Å². The summed E-state index contributed by atoms with van der Waals surface area (Å²) in [6.07, 6.45) is 18.6. The predicted octanol–water partition coefficient (Wildman–Crippen LogP) is 10.2. The van der Waals surface area contributed by atoms with Crippen molar-refractivity contribution < 1.29 is 0 Å². The molecule has 1 aromatic rings. The number of rotatable bonds is 7. The van der Waals surface area contributed by atoms with E-state index in [2.05, 4.69) is 82.8 Å². The number of hydrogen-bond acceptors (Lipinski definition) is 1. The van der Waals surface area contributed by atoms with Gasteiger partial charge in [0, 0.05) is 10.1 Å². The zero-order valence-corrected chi connectivity index (χ0v) is 23.5. The zero-order chi connectivity index (χ0) is 23.9. The summed E-state index contributed by atoms with van der Waals surface area (Å²) in [7, 11) is 0. The molecule has 0 saturated heterocycles.